The van der Waals surface area contributed by atoms with Crippen molar-refractivity contribution < 1.29 is 9.13 Å². The van der Waals surface area contributed by atoms with Gasteiger partial charge in [-0.05, 0) is 56.8 Å². The highest BCUT2D eigenvalue weighted by Crippen LogP contribution is 2.22. The average molecular weight is 326 g/mol. The van der Waals surface area contributed by atoms with Crippen molar-refractivity contribution in [1.82, 2.24) is 19.5 Å². The summed E-state index contributed by atoms with van der Waals surface area (Å²) in [6, 6.07) is 10.1. The van der Waals surface area contributed by atoms with Gasteiger partial charge in [0.05, 0.1) is 11.9 Å². The molecule has 4 rings (SSSR count). The van der Waals surface area contributed by atoms with Gasteiger partial charge in [-0.3, -0.25) is 0 Å². The van der Waals surface area contributed by atoms with Gasteiger partial charge in [0.1, 0.15) is 11.9 Å². The number of likely N-dealkylation sites (N-methyl/N-ethyl adjacent to an activating group) is 1. The third kappa shape index (κ3) is 2.97. The lowest BCUT2D eigenvalue weighted by Crippen LogP contribution is -2.38. The van der Waals surface area contributed by atoms with E-state index >= 15 is 0 Å². The van der Waals surface area contributed by atoms with Crippen molar-refractivity contribution in [3.8, 4) is 17.1 Å². The van der Waals surface area contributed by atoms with Crippen molar-refractivity contribution in [3.63, 3.8) is 0 Å². The highest BCUT2D eigenvalue weighted by Gasteiger charge is 2.19. The molecule has 0 spiro atoms. The van der Waals surface area contributed by atoms with Crippen LogP contribution in [0.5, 0.6) is 5.88 Å². The number of hydrogen-bond donors (Lipinski definition) is 0. The van der Waals surface area contributed by atoms with Crippen molar-refractivity contribution in [2.75, 3.05) is 20.1 Å². The zero-order valence-corrected chi connectivity index (χ0v) is 13.5. The molecule has 3 heterocycles. The minimum atomic E-state index is -0.258. The van der Waals surface area contributed by atoms with Crippen LogP contribution in [0.15, 0.2) is 42.6 Å². The number of piperidine rings is 1. The highest BCUT2D eigenvalue weighted by atomic mass is 19.1. The standard InChI is InChI=1S/C18H19FN4O/c1-22-10-2-3-15(12-22)24-18-9-8-17-20-11-16(23(17)21-18)13-4-6-14(19)7-5-13/h4-9,11,15H,2-3,10,12H2,1H3. The maximum atomic E-state index is 13.1. The van der Waals surface area contributed by atoms with Gasteiger partial charge in [-0.15, -0.1) is 5.10 Å². The first-order valence-electron chi connectivity index (χ1n) is 8.15. The second kappa shape index (κ2) is 6.20. The quantitative estimate of drug-likeness (QED) is 0.742. The molecule has 1 unspecified atom stereocenters. The van der Waals surface area contributed by atoms with Crippen molar-refractivity contribution in [2.24, 2.45) is 0 Å². The summed E-state index contributed by atoms with van der Waals surface area (Å²) in [5.74, 6) is 0.329. The summed E-state index contributed by atoms with van der Waals surface area (Å²) in [6.45, 7) is 2.02. The molecule has 1 aromatic carbocycles. The Morgan fingerprint density at radius 2 is 2.00 bits per heavy atom. The van der Waals surface area contributed by atoms with Gasteiger partial charge in [0.15, 0.2) is 5.65 Å². The lowest BCUT2D eigenvalue weighted by molar-refractivity contribution is 0.0988. The van der Waals surface area contributed by atoms with Crippen molar-refractivity contribution >= 4 is 5.65 Å². The fourth-order valence-corrected chi connectivity index (χ4v) is 3.12. The summed E-state index contributed by atoms with van der Waals surface area (Å²) >= 11 is 0. The van der Waals surface area contributed by atoms with E-state index < -0.39 is 0 Å². The van der Waals surface area contributed by atoms with E-state index in [0.717, 1.165) is 42.8 Å². The Kier molecular flexibility index (Phi) is 3.90. The SMILES string of the molecule is CN1CCCC(Oc2ccc3ncc(-c4ccc(F)cc4)n3n2)C1. The van der Waals surface area contributed by atoms with Crippen LogP contribution in [-0.2, 0) is 0 Å². The van der Waals surface area contributed by atoms with Crippen molar-refractivity contribution in [3.05, 3.63) is 48.4 Å². The smallest absolute Gasteiger partial charge is 0.232 e. The molecule has 6 heteroatoms. The second-order valence-corrected chi connectivity index (χ2v) is 6.24. The third-order valence-electron chi connectivity index (χ3n) is 4.35. The number of ether oxygens (including phenoxy) is 1. The Balaban J connectivity index is 1.64. The Labute approximate surface area is 139 Å². The molecule has 0 aliphatic carbocycles. The molecule has 0 saturated carbocycles. The van der Waals surface area contributed by atoms with E-state index in [2.05, 4.69) is 22.0 Å². The Bertz CT molecular complexity index is 846. The van der Waals surface area contributed by atoms with Crippen molar-refractivity contribution in [1.29, 1.82) is 0 Å². The van der Waals surface area contributed by atoms with Crippen LogP contribution in [0, 0.1) is 5.82 Å². The summed E-state index contributed by atoms with van der Waals surface area (Å²) in [7, 11) is 2.11. The lowest BCUT2D eigenvalue weighted by Gasteiger charge is -2.29. The van der Waals surface area contributed by atoms with Gasteiger partial charge in [0.25, 0.3) is 0 Å². The van der Waals surface area contributed by atoms with Gasteiger partial charge >= 0.3 is 0 Å². The van der Waals surface area contributed by atoms with Gasteiger partial charge in [0, 0.05) is 18.2 Å². The fraction of sp³-hybridized carbons (Fsp3) is 0.333. The van der Waals surface area contributed by atoms with E-state index in [1.807, 2.05) is 12.1 Å². The molecule has 1 atom stereocenters. The summed E-state index contributed by atoms with van der Waals surface area (Å²) in [4.78, 5) is 6.63. The topological polar surface area (TPSA) is 42.7 Å². The van der Waals surface area contributed by atoms with Gasteiger partial charge in [0.2, 0.25) is 5.88 Å². The molecule has 2 aromatic heterocycles. The summed E-state index contributed by atoms with van der Waals surface area (Å²) in [5.41, 5.74) is 2.42. The van der Waals surface area contributed by atoms with Crippen LogP contribution in [0.4, 0.5) is 4.39 Å². The molecular weight excluding hydrogens is 307 g/mol. The summed E-state index contributed by atoms with van der Waals surface area (Å²) in [5, 5.41) is 4.57. The molecule has 5 nitrogen and oxygen atoms in total. The minimum absolute atomic E-state index is 0.159. The van der Waals surface area contributed by atoms with E-state index in [9.17, 15) is 4.39 Å². The van der Waals surface area contributed by atoms with Gasteiger partial charge < -0.3 is 9.64 Å². The minimum Gasteiger partial charge on any atom is -0.472 e. The first kappa shape index (κ1) is 15.1. The first-order chi connectivity index (χ1) is 11.7. The van der Waals surface area contributed by atoms with Crippen LogP contribution >= 0.6 is 0 Å². The largest absolute Gasteiger partial charge is 0.472 e. The molecule has 0 amide bonds. The first-order valence-corrected chi connectivity index (χ1v) is 8.15. The van der Waals surface area contributed by atoms with E-state index in [1.54, 1.807) is 22.8 Å². The summed E-state index contributed by atoms with van der Waals surface area (Å²) in [6.07, 6.45) is 4.08. The molecule has 1 fully saturated rings. The molecule has 1 saturated heterocycles. The molecule has 24 heavy (non-hydrogen) atoms. The normalized spacial score (nSPS) is 18.8. The monoisotopic (exact) mass is 326 g/mol. The predicted molar refractivity (Wildman–Crippen MR) is 89.5 cm³/mol. The number of aromatic nitrogens is 3. The number of nitrogens with zero attached hydrogens (tertiary/aromatic N) is 4. The lowest BCUT2D eigenvalue weighted by atomic mass is 10.1. The molecular formula is C18H19FN4O. The Morgan fingerprint density at radius 3 is 2.79 bits per heavy atom. The van der Waals surface area contributed by atoms with Crippen LogP contribution in [-0.4, -0.2) is 45.7 Å². The Morgan fingerprint density at radius 1 is 1.17 bits per heavy atom. The number of fused-ring (bicyclic) bond motifs is 1. The fourth-order valence-electron chi connectivity index (χ4n) is 3.12. The maximum absolute atomic E-state index is 13.1. The van der Waals surface area contributed by atoms with E-state index in [0.29, 0.717) is 5.88 Å². The van der Waals surface area contributed by atoms with Crippen LogP contribution in [0.3, 0.4) is 0 Å². The molecule has 1 aliphatic heterocycles. The molecule has 0 bridgehead atoms. The number of rotatable bonds is 3. The number of hydrogen-bond acceptors (Lipinski definition) is 4. The van der Waals surface area contributed by atoms with Crippen LogP contribution in [0.2, 0.25) is 0 Å². The van der Waals surface area contributed by atoms with Crippen LogP contribution < -0.4 is 4.74 Å². The highest BCUT2D eigenvalue weighted by molar-refractivity contribution is 5.62. The molecule has 0 N–H and O–H groups in total. The maximum Gasteiger partial charge on any atom is 0.232 e. The van der Waals surface area contributed by atoms with Gasteiger partial charge in [-0.2, -0.15) is 0 Å². The van der Waals surface area contributed by atoms with Gasteiger partial charge in [-0.25, -0.2) is 13.9 Å². The number of imidazole rings is 1. The zero-order chi connectivity index (χ0) is 16.5. The molecule has 3 aromatic rings. The molecule has 0 radical (unpaired) electrons. The number of likely N-dealkylation sites (tertiary alicyclic amines) is 1. The van der Waals surface area contributed by atoms with Crippen LogP contribution in [0.1, 0.15) is 12.8 Å². The van der Waals surface area contributed by atoms with Crippen molar-refractivity contribution in [2.45, 2.75) is 18.9 Å². The van der Waals surface area contributed by atoms with Crippen LogP contribution in [0.25, 0.3) is 16.9 Å². The van der Waals surface area contributed by atoms with E-state index in [-0.39, 0.29) is 11.9 Å². The third-order valence-corrected chi connectivity index (χ3v) is 4.35. The Hall–Kier alpha value is -2.47. The zero-order valence-electron chi connectivity index (χ0n) is 13.5. The average Bonchev–Trinajstić information content (AvgIpc) is 2.99. The number of benzene rings is 1. The second-order valence-electron chi connectivity index (χ2n) is 6.24. The van der Waals surface area contributed by atoms with E-state index in [4.69, 9.17) is 4.74 Å². The molecule has 124 valence electrons. The predicted octanol–water partition coefficient (Wildman–Crippen LogP) is 3.01. The van der Waals surface area contributed by atoms with Gasteiger partial charge in [-0.1, -0.05) is 0 Å². The number of halogens is 1. The van der Waals surface area contributed by atoms with E-state index in [1.165, 1.54) is 12.1 Å². The summed E-state index contributed by atoms with van der Waals surface area (Å²) < 4.78 is 20.9. The molecule has 1 aliphatic rings.